The molecule has 0 heterocycles. The Kier molecular flexibility index (Phi) is 8.18. The number of carbonyl (C=O) groups excluding carboxylic acids is 1. The molecule has 1 rings (SSSR count). The molecule has 3 N–H and O–H groups in total. The molecule has 0 bridgehead atoms. The third kappa shape index (κ3) is 4.92. The normalized spacial score (nSPS) is 25.6. The van der Waals surface area contributed by atoms with Crippen LogP contribution in [0, 0.1) is 5.92 Å². The van der Waals surface area contributed by atoms with E-state index in [0.717, 1.165) is 45.3 Å². The summed E-state index contributed by atoms with van der Waals surface area (Å²) in [7, 11) is 5.27. The zero-order chi connectivity index (χ0) is 15.7. The van der Waals surface area contributed by atoms with Gasteiger partial charge < -0.3 is 20.5 Å². The summed E-state index contributed by atoms with van der Waals surface area (Å²) in [5.74, 6) is 0.0976. The van der Waals surface area contributed by atoms with Crippen LogP contribution in [0.1, 0.15) is 25.7 Å². The van der Waals surface area contributed by atoms with Gasteiger partial charge in [0.25, 0.3) is 0 Å². The summed E-state index contributed by atoms with van der Waals surface area (Å²) in [6.07, 6.45) is 3.94. The molecule has 2 unspecified atom stereocenters. The maximum absolute atomic E-state index is 11.9. The number of likely N-dealkylation sites (N-methyl/N-ethyl adjacent to an activating group) is 1. The van der Waals surface area contributed by atoms with Crippen LogP contribution in [-0.2, 0) is 14.3 Å². The summed E-state index contributed by atoms with van der Waals surface area (Å²) in [5, 5.41) is 3.19. The van der Waals surface area contributed by atoms with E-state index in [1.54, 1.807) is 14.2 Å². The lowest BCUT2D eigenvalue weighted by atomic mass is 9.84. The second kappa shape index (κ2) is 9.35. The molecule has 0 aromatic heterocycles. The van der Waals surface area contributed by atoms with Crippen LogP contribution in [0.25, 0.3) is 0 Å². The van der Waals surface area contributed by atoms with Gasteiger partial charge in [-0.25, -0.2) is 0 Å². The van der Waals surface area contributed by atoms with Gasteiger partial charge in [-0.1, -0.05) is 6.42 Å². The molecule has 1 fully saturated rings. The number of rotatable bonds is 11. The minimum atomic E-state index is -0.520. The molecule has 1 aliphatic rings. The molecule has 0 aliphatic heterocycles. The molecule has 0 radical (unpaired) electrons. The summed E-state index contributed by atoms with van der Waals surface area (Å²) < 4.78 is 10.3. The van der Waals surface area contributed by atoms with E-state index in [-0.39, 0.29) is 5.91 Å². The Morgan fingerprint density at radius 3 is 2.38 bits per heavy atom. The van der Waals surface area contributed by atoms with Gasteiger partial charge in [-0.3, -0.25) is 9.69 Å². The van der Waals surface area contributed by atoms with E-state index in [4.69, 9.17) is 15.2 Å². The Hall–Kier alpha value is -0.690. The number of carbonyl (C=O) groups is 1. The van der Waals surface area contributed by atoms with E-state index in [1.807, 2.05) is 7.05 Å². The molecule has 1 amide bonds. The summed E-state index contributed by atoms with van der Waals surface area (Å²) >= 11 is 0. The van der Waals surface area contributed by atoms with E-state index in [2.05, 4.69) is 10.2 Å². The molecule has 124 valence electrons. The standard InChI is InChI=1S/C15H31N3O3/c1-17-15(14(16)19)7-4-5-13(15)6-8-18(9-11-20-2)10-12-21-3/h13,17H,4-12H2,1-3H3,(H2,16,19). The number of amides is 1. The monoisotopic (exact) mass is 301 g/mol. The SMILES string of the molecule is CNC1(C(N)=O)CCCC1CCN(CCOC)CCOC. The number of hydrogen-bond acceptors (Lipinski definition) is 5. The van der Waals surface area contributed by atoms with Crippen LogP contribution >= 0.6 is 0 Å². The lowest BCUT2D eigenvalue weighted by Gasteiger charge is -2.33. The van der Waals surface area contributed by atoms with Crippen LogP contribution < -0.4 is 11.1 Å². The van der Waals surface area contributed by atoms with Crippen molar-refractivity contribution in [3.05, 3.63) is 0 Å². The van der Waals surface area contributed by atoms with Crippen molar-refractivity contribution in [1.82, 2.24) is 10.2 Å². The van der Waals surface area contributed by atoms with Gasteiger partial charge in [0.05, 0.1) is 13.2 Å². The third-order valence-corrected chi connectivity index (χ3v) is 4.72. The third-order valence-electron chi connectivity index (χ3n) is 4.72. The summed E-state index contributed by atoms with van der Waals surface area (Å²) in [5.41, 5.74) is 5.13. The maximum atomic E-state index is 11.9. The zero-order valence-electron chi connectivity index (χ0n) is 13.7. The summed E-state index contributed by atoms with van der Waals surface area (Å²) in [6, 6.07) is 0. The Morgan fingerprint density at radius 2 is 1.90 bits per heavy atom. The van der Waals surface area contributed by atoms with Crippen LogP contribution in [0.2, 0.25) is 0 Å². The highest BCUT2D eigenvalue weighted by molar-refractivity contribution is 5.85. The second-order valence-corrected chi connectivity index (χ2v) is 5.79. The fraction of sp³-hybridized carbons (Fsp3) is 0.933. The topological polar surface area (TPSA) is 76.8 Å². The highest BCUT2D eigenvalue weighted by Gasteiger charge is 2.46. The van der Waals surface area contributed by atoms with E-state index < -0.39 is 5.54 Å². The molecule has 0 aromatic rings. The van der Waals surface area contributed by atoms with E-state index >= 15 is 0 Å². The van der Waals surface area contributed by atoms with Crippen LogP contribution in [0.4, 0.5) is 0 Å². The molecule has 0 saturated heterocycles. The largest absolute Gasteiger partial charge is 0.383 e. The average molecular weight is 301 g/mol. The van der Waals surface area contributed by atoms with Crippen molar-refractivity contribution in [1.29, 1.82) is 0 Å². The van der Waals surface area contributed by atoms with Gasteiger partial charge >= 0.3 is 0 Å². The lowest BCUT2D eigenvalue weighted by molar-refractivity contribution is -0.125. The number of nitrogens with zero attached hydrogens (tertiary/aromatic N) is 1. The average Bonchev–Trinajstić information content (AvgIpc) is 2.90. The van der Waals surface area contributed by atoms with E-state index in [9.17, 15) is 4.79 Å². The first-order chi connectivity index (χ1) is 10.1. The number of nitrogens with two attached hydrogens (primary N) is 1. The van der Waals surface area contributed by atoms with Crippen LogP contribution in [0.15, 0.2) is 0 Å². The molecule has 0 spiro atoms. The number of ether oxygens (including phenoxy) is 2. The predicted octanol–water partition coefficient (Wildman–Crippen LogP) is 0.215. The van der Waals surface area contributed by atoms with E-state index in [0.29, 0.717) is 19.1 Å². The smallest absolute Gasteiger partial charge is 0.238 e. The summed E-state index contributed by atoms with van der Waals surface area (Å²) in [4.78, 5) is 14.2. The molecule has 1 aliphatic carbocycles. The highest BCUT2D eigenvalue weighted by Crippen LogP contribution is 2.37. The molecule has 2 atom stereocenters. The highest BCUT2D eigenvalue weighted by atomic mass is 16.5. The van der Waals surface area contributed by atoms with Gasteiger partial charge in [0.2, 0.25) is 5.91 Å². The lowest BCUT2D eigenvalue weighted by Crippen LogP contribution is -2.57. The molecule has 6 heteroatoms. The van der Waals surface area contributed by atoms with Gasteiger partial charge in [-0.05, 0) is 38.8 Å². The Morgan fingerprint density at radius 1 is 1.29 bits per heavy atom. The maximum Gasteiger partial charge on any atom is 0.238 e. The number of primary amides is 1. The Bertz CT molecular complexity index is 307. The summed E-state index contributed by atoms with van der Waals surface area (Å²) in [6.45, 7) is 4.13. The van der Waals surface area contributed by atoms with Crippen LogP contribution in [0.3, 0.4) is 0 Å². The van der Waals surface area contributed by atoms with Gasteiger partial charge in [-0.15, -0.1) is 0 Å². The minimum absolute atomic E-state index is 0.215. The Balaban J connectivity index is 2.54. The molecule has 6 nitrogen and oxygen atoms in total. The van der Waals surface area contributed by atoms with Crippen molar-refractivity contribution in [2.75, 3.05) is 54.1 Å². The van der Waals surface area contributed by atoms with Crippen LogP contribution in [0.5, 0.6) is 0 Å². The minimum Gasteiger partial charge on any atom is -0.383 e. The van der Waals surface area contributed by atoms with Crippen molar-refractivity contribution < 1.29 is 14.3 Å². The second-order valence-electron chi connectivity index (χ2n) is 5.79. The first-order valence-electron chi connectivity index (χ1n) is 7.79. The molecule has 1 saturated carbocycles. The van der Waals surface area contributed by atoms with Gasteiger partial charge in [0, 0.05) is 27.3 Å². The van der Waals surface area contributed by atoms with Crippen molar-refractivity contribution in [2.45, 2.75) is 31.2 Å². The Labute approximate surface area is 128 Å². The molecular formula is C15H31N3O3. The number of nitrogens with one attached hydrogen (secondary N) is 1. The number of hydrogen-bond donors (Lipinski definition) is 2. The van der Waals surface area contributed by atoms with Crippen molar-refractivity contribution in [2.24, 2.45) is 11.7 Å². The van der Waals surface area contributed by atoms with Crippen molar-refractivity contribution in [3.63, 3.8) is 0 Å². The van der Waals surface area contributed by atoms with Gasteiger partial charge in [0.15, 0.2) is 0 Å². The number of methoxy groups -OCH3 is 2. The molecular weight excluding hydrogens is 270 g/mol. The van der Waals surface area contributed by atoms with Gasteiger partial charge in [-0.2, -0.15) is 0 Å². The zero-order valence-corrected chi connectivity index (χ0v) is 13.7. The quantitative estimate of drug-likeness (QED) is 0.571. The molecule has 0 aromatic carbocycles. The first kappa shape index (κ1) is 18.4. The first-order valence-corrected chi connectivity index (χ1v) is 7.79. The fourth-order valence-electron chi connectivity index (χ4n) is 3.36. The predicted molar refractivity (Wildman–Crippen MR) is 83.1 cm³/mol. The molecule has 21 heavy (non-hydrogen) atoms. The van der Waals surface area contributed by atoms with Crippen LogP contribution in [-0.4, -0.2) is 70.5 Å². The fourth-order valence-corrected chi connectivity index (χ4v) is 3.36. The van der Waals surface area contributed by atoms with Crippen molar-refractivity contribution in [3.8, 4) is 0 Å². The van der Waals surface area contributed by atoms with Gasteiger partial charge in [0.1, 0.15) is 5.54 Å². The van der Waals surface area contributed by atoms with Crippen molar-refractivity contribution >= 4 is 5.91 Å². The van der Waals surface area contributed by atoms with E-state index in [1.165, 1.54) is 0 Å².